The van der Waals surface area contributed by atoms with Gasteiger partial charge in [-0.2, -0.15) is 0 Å². The summed E-state index contributed by atoms with van der Waals surface area (Å²) in [4.78, 5) is 4.26. The van der Waals surface area contributed by atoms with Crippen molar-refractivity contribution in [1.82, 2.24) is 4.98 Å². The Hall–Kier alpha value is -1.70. The van der Waals surface area contributed by atoms with Crippen molar-refractivity contribution in [2.45, 2.75) is 6.92 Å². The minimum absolute atomic E-state index is 0.220. The minimum atomic E-state index is -0.220. The molecule has 1 nitrogen and oxygen atoms in total. The number of aryl methyl sites for hydroxylation is 1. The fourth-order valence-electron chi connectivity index (χ4n) is 1.40. The highest BCUT2D eigenvalue weighted by atomic mass is 19.1. The first-order valence-corrected chi connectivity index (χ1v) is 4.45. The molecular formula is C12H10FN. The molecule has 0 bridgehead atoms. The maximum absolute atomic E-state index is 12.7. The van der Waals surface area contributed by atoms with Crippen molar-refractivity contribution in [2.75, 3.05) is 0 Å². The zero-order valence-corrected chi connectivity index (χ0v) is 7.87. The van der Waals surface area contributed by atoms with E-state index >= 15 is 0 Å². The van der Waals surface area contributed by atoms with Crippen molar-refractivity contribution < 1.29 is 4.39 Å². The lowest BCUT2D eigenvalue weighted by molar-refractivity contribution is 0.628. The van der Waals surface area contributed by atoms with Gasteiger partial charge in [-0.3, -0.25) is 4.98 Å². The molecule has 0 saturated heterocycles. The second kappa shape index (κ2) is 3.58. The number of nitrogens with zero attached hydrogens (tertiary/aromatic N) is 1. The Balaban J connectivity index is 2.50. The van der Waals surface area contributed by atoms with Crippen molar-refractivity contribution >= 4 is 0 Å². The molecule has 0 spiro atoms. The van der Waals surface area contributed by atoms with Gasteiger partial charge in [-0.15, -0.1) is 0 Å². The Morgan fingerprint density at radius 1 is 1.07 bits per heavy atom. The van der Waals surface area contributed by atoms with Gasteiger partial charge in [0, 0.05) is 11.8 Å². The summed E-state index contributed by atoms with van der Waals surface area (Å²) < 4.78 is 12.7. The van der Waals surface area contributed by atoms with E-state index in [1.807, 2.05) is 19.1 Å². The molecule has 0 aliphatic heterocycles. The zero-order valence-electron chi connectivity index (χ0n) is 7.87. The summed E-state index contributed by atoms with van der Waals surface area (Å²) in [5, 5.41) is 0. The van der Waals surface area contributed by atoms with Crippen molar-refractivity contribution in [3.05, 3.63) is 54.0 Å². The monoisotopic (exact) mass is 187 g/mol. The number of benzene rings is 1. The molecule has 0 aliphatic carbocycles. The van der Waals surface area contributed by atoms with E-state index in [-0.39, 0.29) is 5.82 Å². The van der Waals surface area contributed by atoms with E-state index in [9.17, 15) is 4.39 Å². The van der Waals surface area contributed by atoms with Gasteiger partial charge in [0.25, 0.3) is 0 Å². The van der Waals surface area contributed by atoms with Gasteiger partial charge in [0.1, 0.15) is 5.82 Å². The van der Waals surface area contributed by atoms with Crippen molar-refractivity contribution in [3.63, 3.8) is 0 Å². The van der Waals surface area contributed by atoms with Gasteiger partial charge < -0.3 is 0 Å². The van der Waals surface area contributed by atoms with Crippen LogP contribution in [0.3, 0.4) is 0 Å². The Morgan fingerprint density at radius 2 is 1.79 bits per heavy atom. The summed E-state index contributed by atoms with van der Waals surface area (Å²) in [5.74, 6) is -0.220. The minimum Gasteiger partial charge on any atom is -0.256 e. The third-order valence-corrected chi connectivity index (χ3v) is 2.13. The molecule has 0 atom stereocenters. The van der Waals surface area contributed by atoms with Crippen molar-refractivity contribution in [1.29, 1.82) is 0 Å². The molecule has 1 aromatic heterocycles. The highest BCUT2D eigenvalue weighted by Crippen LogP contribution is 2.20. The number of rotatable bonds is 1. The third kappa shape index (κ3) is 1.64. The van der Waals surface area contributed by atoms with Crippen LogP contribution >= 0.6 is 0 Å². The summed E-state index contributed by atoms with van der Waals surface area (Å²) in [6.07, 6.45) is 1.74. The largest absolute Gasteiger partial charge is 0.256 e. The van der Waals surface area contributed by atoms with Crippen molar-refractivity contribution in [3.8, 4) is 11.3 Å². The van der Waals surface area contributed by atoms with Crippen molar-refractivity contribution in [2.24, 2.45) is 0 Å². The zero-order chi connectivity index (χ0) is 9.97. The van der Waals surface area contributed by atoms with E-state index in [0.29, 0.717) is 0 Å². The quantitative estimate of drug-likeness (QED) is 0.668. The molecule has 0 saturated carbocycles. The van der Waals surface area contributed by atoms with Crippen LogP contribution in [0.15, 0.2) is 42.6 Å². The molecule has 0 fully saturated rings. The average Bonchev–Trinajstić information content (AvgIpc) is 2.20. The van der Waals surface area contributed by atoms with Gasteiger partial charge in [-0.25, -0.2) is 4.39 Å². The molecule has 0 aliphatic rings. The SMILES string of the molecule is Cc1cccnc1-c1ccc(F)cc1. The van der Waals surface area contributed by atoms with Crippen LogP contribution in [0.25, 0.3) is 11.3 Å². The van der Waals surface area contributed by atoms with Crippen LogP contribution in [0.4, 0.5) is 4.39 Å². The molecule has 1 heterocycles. The fraction of sp³-hybridized carbons (Fsp3) is 0.0833. The maximum Gasteiger partial charge on any atom is 0.123 e. The van der Waals surface area contributed by atoms with Gasteiger partial charge in [0.05, 0.1) is 5.69 Å². The molecule has 0 N–H and O–H groups in total. The Bertz CT molecular complexity index is 434. The van der Waals surface area contributed by atoms with Gasteiger partial charge in [-0.05, 0) is 42.8 Å². The van der Waals surface area contributed by atoms with Crippen LogP contribution < -0.4 is 0 Å². The number of halogens is 1. The van der Waals surface area contributed by atoms with Crippen LogP contribution in [-0.2, 0) is 0 Å². The number of pyridine rings is 1. The van der Waals surface area contributed by atoms with Crippen LogP contribution in [-0.4, -0.2) is 4.98 Å². The average molecular weight is 187 g/mol. The molecule has 1 aromatic carbocycles. The lowest BCUT2D eigenvalue weighted by Crippen LogP contribution is -1.86. The van der Waals surface area contributed by atoms with Gasteiger partial charge in [0.15, 0.2) is 0 Å². The van der Waals surface area contributed by atoms with Gasteiger partial charge in [0.2, 0.25) is 0 Å². The predicted octanol–water partition coefficient (Wildman–Crippen LogP) is 3.20. The molecule has 0 amide bonds. The standard InChI is InChI=1S/C12H10FN/c1-9-3-2-8-14-12(9)10-4-6-11(13)7-5-10/h2-8H,1H3. The predicted molar refractivity (Wildman–Crippen MR) is 54.4 cm³/mol. The van der Waals surface area contributed by atoms with E-state index in [1.54, 1.807) is 18.3 Å². The number of aromatic nitrogens is 1. The first kappa shape index (κ1) is 8.88. The lowest BCUT2D eigenvalue weighted by Gasteiger charge is -2.03. The van der Waals surface area contributed by atoms with Crippen LogP contribution in [0.1, 0.15) is 5.56 Å². The molecule has 2 aromatic rings. The Kier molecular flexibility index (Phi) is 2.27. The summed E-state index contributed by atoms with van der Waals surface area (Å²) in [6, 6.07) is 10.3. The van der Waals surface area contributed by atoms with Gasteiger partial charge >= 0.3 is 0 Å². The highest BCUT2D eigenvalue weighted by molar-refractivity contribution is 5.62. The molecule has 70 valence electrons. The highest BCUT2D eigenvalue weighted by Gasteiger charge is 2.01. The van der Waals surface area contributed by atoms with E-state index in [0.717, 1.165) is 16.8 Å². The second-order valence-corrected chi connectivity index (χ2v) is 3.18. The second-order valence-electron chi connectivity index (χ2n) is 3.18. The third-order valence-electron chi connectivity index (χ3n) is 2.13. The van der Waals surface area contributed by atoms with Crippen LogP contribution in [0, 0.1) is 12.7 Å². The van der Waals surface area contributed by atoms with Gasteiger partial charge in [-0.1, -0.05) is 6.07 Å². The molecule has 0 radical (unpaired) electrons. The Labute approximate surface area is 82.2 Å². The maximum atomic E-state index is 12.7. The summed E-state index contributed by atoms with van der Waals surface area (Å²) in [5.41, 5.74) is 2.95. The molecule has 14 heavy (non-hydrogen) atoms. The van der Waals surface area contributed by atoms with Crippen LogP contribution in [0.2, 0.25) is 0 Å². The molecular weight excluding hydrogens is 177 g/mol. The topological polar surface area (TPSA) is 12.9 Å². The molecule has 0 unspecified atom stereocenters. The van der Waals surface area contributed by atoms with E-state index < -0.39 is 0 Å². The van der Waals surface area contributed by atoms with Crippen LogP contribution in [0.5, 0.6) is 0 Å². The van der Waals surface area contributed by atoms with E-state index in [2.05, 4.69) is 4.98 Å². The molecule has 2 heteroatoms. The number of hydrogen-bond donors (Lipinski definition) is 0. The Morgan fingerprint density at radius 3 is 2.43 bits per heavy atom. The first-order valence-electron chi connectivity index (χ1n) is 4.45. The summed E-state index contributed by atoms with van der Waals surface area (Å²) in [6.45, 7) is 1.99. The molecule has 2 rings (SSSR count). The normalized spacial score (nSPS) is 10.1. The summed E-state index contributed by atoms with van der Waals surface area (Å²) >= 11 is 0. The fourth-order valence-corrected chi connectivity index (χ4v) is 1.40. The lowest BCUT2D eigenvalue weighted by atomic mass is 10.1. The summed E-state index contributed by atoms with van der Waals surface area (Å²) in [7, 11) is 0. The first-order chi connectivity index (χ1) is 6.77. The van der Waals surface area contributed by atoms with E-state index in [4.69, 9.17) is 0 Å². The smallest absolute Gasteiger partial charge is 0.123 e. The number of hydrogen-bond acceptors (Lipinski definition) is 1. The van der Waals surface area contributed by atoms with E-state index in [1.165, 1.54) is 12.1 Å².